The lowest BCUT2D eigenvalue weighted by atomic mass is 9.86. The van der Waals surface area contributed by atoms with Crippen LogP contribution in [0, 0.1) is 0 Å². The smallest absolute Gasteiger partial charge is 0.471 e. The van der Waals surface area contributed by atoms with Gasteiger partial charge in [0, 0.05) is 12.6 Å². The molecule has 1 aliphatic carbocycles. The van der Waals surface area contributed by atoms with Gasteiger partial charge in [-0.2, -0.15) is 13.2 Å². The van der Waals surface area contributed by atoms with Crippen LogP contribution in [0.3, 0.4) is 0 Å². The Morgan fingerprint density at radius 3 is 2.82 bits per heavy atom. The van der Waals surface area contributed by atoms with Crippen molar-refractivity contribution < 1.29 is 22.7 Å². The van der Waals surface area contributed by atoms with E-state index in [1.807, 2.05) is 24.4 Å². The number of nitrogens with zero attached hydrogens (tertiary/aromatic N) is 1. The van der Waals surface area contributed by atoms with Crippen LogP contribution in [-0.4, -0.2) is 37.1 Å². The fraction of sp³-hybridized carbons (Fsp3) is 0.579. The number of halogens is 3. The molecule has 1 aromatic rings. The summed E-state index contributed by atoms with van der Waals surface area (Å²) in [4.78, 5) is 15.2. The lowest BCUT2D eigenvalue weighted by molar-refractivity contribution is -0.173. The number of amides is 1. The van der Waals surface area contributed by atoms with Gasteiger partial charge in [0.2, 0.25) is 0 Å². The molecule has 0 radical (unpaired) electrons. The third-order valence-electron chi connectivity index (χ3n) is 5.04. The largest absolute Gasteiger partial charge is 0.481 e. The fourth-order valence-corrected chi connectivity index (χ4v) is 3.52. The maximum atomic E-state index is 12.1. The predicted octanol–water partition coefficient (Wildman–Crippen LogP) is 2.88. The SMILES string of the molecule is CC1Oc2cc3c(cc2N=C1N)C(NCCCCNC(=O)C(F)(F)F)CCC3. The molecule has 1 aliphatic heterocycles. The average Bonchev–Trinajstić information content (AvgIpc) is 2.63. The number of fused-ring (bicyclic) bond motifs is 2. The molecule has 1 amide bonds. The van der Waals surface area contributed by atoms with Crippen molar-refractivity contribution in [2.45, 2.75) is 57.3 Å². The van der Waals surface area contributed by atoms with Crippen LogP contribution in [0.1, 0.15) is 49.8 Å². The molecule has 2 unspecified atom stereocenters. The zero-order valence-electron chi connectivity index (χ0n) is 15.7. The number of nitrogens with two attached hydrogens (primary N) is 1. The number of hydrogen-bond acceptors (Lipinski definition) is 5. The first-order valence-corrected chi connectivity index (χ1v) is 9.51. The predicted molar refractivity (Wildman–Crippen MR) is 99.8 cm³/mol. The third-order valence-corrected chi connectivity index (χ3v) is 5.04. The van der Waals surface area contributed by atoms with Crippen LogP contribution >= 0.6 is 0 Å². The molecule has 0 bridgehead atoms. The van der Waals surface area contributed by atoms with Gasteiger partial charge in [0.05, 0.1) is 0 Å². The van der Waals surface area contributed by atoms with Crippen molar-refractivity contribution >= 4 is 17.4 Å². The zero-order valence-corrected chi connectivity index (χ0v) is 15.7. The third kappa shape index (κ3) is 4.76. The van der Waals surface area contributed by atoms with Gasteiger partial charge in [0.25, 0.3) is 0 Å². The molecule has 0 aromatic heterocycles. The number of carbonyl (C=O) groups is 1. The Morgan fingerprint density at radius 1 is 1.32 bits per heavy atom. The molecule has 6 nitrogen and oxygen atoms in total. The summed E-state index contributed by atoms with van der Waals surface area (Å²) in [6, 6.07) is 4.22. The average molecular weight is 398 g/mol. The van der Waals surface area contributed by atoms with Crippen LogP contribution in [0.4, 0.5) is 18.9 Å². The van der Waals surface area contributed by atoms with Crippen LogP contribution in [-0.2, 0) is 11.2 Å². The van der Waals surface area contributed by atoms with Crippen LogP contribution in [0.5, 0.6) is 5.75 Å². The van der Waals surface area contributed by atoms with E-state index in [1.165, 1.54) is 11.1 Å². The number of ether oxygens (including phenoxy) is 1. The first-order chi connectivity index (χ1) is 13.3. The topological polar surface area (TPSA) is 88.7 Å². The molecular weight excluding hydrogens is 373 g/mol. The number of alkyl halides is 3. The molecule has 2 aliphatic rings. The molecule has 0 saturated heterocycles. The highest BCUT2D eigenvalue weighted by molar-refractivity contribution is 5.90. The normalized spacial score (nSPS) is 21.2. The Bertz CT molecular complexity index is 764. The number of rotatable bonds is 6. The number of nitrogens with one attached hydrogen (secondary N) is 2. The van der Waals surface area contributed by atoms with E-state index in [0.717, 1.165) is 30.7 Å². The molecule has 0 fully saturated rings. The van der Waals surface area contributed by atoms with Gasteiger partial charge in [-0.05, 0) is 68.8 Å². The van der Waals surface area contributed by atoms with Crippen LogP contribution in [0.25, 0.3) is 0 Å². The lowest BCUT2D eigenvalue weighted by Crippen LogP contribution is -2.37. The summed E-state index contributed by atoms with van der Waals surface area (Å²) in [5, 5.41) is 5.35. The Morgan fingerprint density at radius 2 is 2.07 bits per heavy atom. The summed E-state index contributed by atoms with van der Waals surface area (Å²) in [5.74, 6) is -0.682. The highest BCUT2D eigenvalue weighted by atomic mass is 19.4. The second-order valence-electron chi connectivity index (χ2n) is 7.18. The minimum absolute atomic E-state index is 0.0122. The van der Waals surface area contributed by atoms with Crippen molar-refractivity contribution in [3.63, 3.8) is 0 Å². The van der Waals surface area contributed by atoms with Gasteiger partial charge >= 0.3 is 12.1 Å². The van der Waals surface area contributed by atoms with E-state index in [0.29, 0.717) is 25.2 Å². The van der Waals surface area contributed by atoms with Crippen molar-refractivity contribution in [2.24, 2.45) is 10.7 Å². The van der Waals surface area contributed by atoms with E-state index in [4.69, 9.17) is 10.5 Å². The molecular formula is C19H25F3N4O2. The number of aliphatic imine (C=N–C) groups is 1. The molecule has 154 valence electrons. The maximum Gasteiger partial charge on any atom is 0.471 e. The molecule has 2 atom stereocenters. The lowest BCUT2D eigenvalue weighted by Gasteiger charge is -2.29. The highest BCUT2D eigenvalue weighted by Crippen LogP contribution is 2.40. The molecule has 3 rings (SSSR count). The first kappa shape index (κ1) is 20.4. The van der Waals surface area contributed by atoms with E-state index in [-0.39, 0.29) is 18.7 Å². The van der Waals surface area contributed by atoms with E-state index in [9.17, 15) is 18.0 Å². The van der Waals surface area contributed by atoms with Crippen molar-refractivity contribution in [3.8, 4) is 5.75 Å². The van der Waals surface area contributed by atoms with Gasteiger partial charge in [0.15, 0.2) is 6.10 Å². The number of hydrogen-bond donors (Lipinski definition) is 3. The number of benzene rings is 1. The number of aryl methyl sites for hydroxylation is 1. The summed E-state index contributed by atoms with van der Waals surface area (Å²) < 4.78 is 42.2. The van der Waals surface area contributed by atoms with E-state index < -0.39 is 12.1 Å². The standard InChI is InChI=1S/C19H25F3N4O2/c1-11-17(23)26-15-10-13-12(9-16(15)28-11)5-4-6-14(13)24-7-2-3-8-25-18(27)19(20,21)22/h9-11,14,24H,2-8H2,1H3,(H2,23,26)(H,25,27). The minimum atomic E-state index is -4.82. The summed E-state index contributed by atoms with van der Waals surface area (Å²) in [7, 11) is 0. The second kappa shape index (κ2) is 8.38. The maximum absolute atomic E-state index is 12.1. The quantitative estimate of drug-likeness (QED) is 0.643. The Hall–Kier alpha value is -2.29. The number of carbonyl (C=O) groups excluding carboxylic acids is 1. The molecule has 1 heterocycles. The van der Waals surface area contributed by atoms with Crippen LogP contribution < -0.4 is 21.1 Å². The van der Waals surface area contributed by atoms with Crippen LogP contribution in [0.2, 0.25) is 0 Å². The van der Waals surface area contributed by atoms with Crippen LogP contribution in [0.15, 0.2) is 17.1 Å². The molecule has 1 aromatic carbocycles. The van der Waals surface area contributed by atoms with E-state index in [2.05, 4.69) is 10.3 Å². The highest BCUT2D eigenvalue weighted by Gasteiger charge is 2.38. The van der Waals surface area contributed by atoms with Crippen molar-refractivity contribution in [1.82, 2.24) is 10.6 Å². The summed E-state index contributed by atoms with van der Waals surface area (Å²) >= 11 is 0. The monoisotopic (exact) mass is 398 g/mol. The first-order valence-electron chi connectivity index (χ1n) is 9.51. The fourth-order valence-electron chi connectivity index (χ4n) is 3.52. The number of amidine groups is 1. The van der Waals surface area contributed by atoms with Gasteiger partial charge in [-0.25, -0.2) is 4.99 Å². The van der Waals surface area contributed by atoms with Crippen molar-refractivity contribution in [3.05, 3.63) is 23.3 Å². The Balaban J connectivity index is 1.53. The van der Waals surface area contributed by atoms with Gasteiger partial charge in [-0.1, -0.05) is 0 Å². The molecule has 9 heteroatoms. The van der Waals surface area contributed by atoms with E-state index >= 15 is 0 Å². The molecule has 28 heavy (non-hydrogen) atoms. The molecule has 0 saturated carbocycles. The van der Waals surface area contributed by atoms with Crippen molar-refractivity contribution in [2.75, 3.05) is 13.1 Å². The van der Waals surface area contributed by atoms with Gasteiger partial charge < -0.3 is 21.1 Å². The Labute approximate surface area is 161 Å². The summed E-state index contributed by atoms with van der Waals surface area (Å²) in [6.07, 6.45) is -0.913. The summed E-state index contributed by atoms with van der Waals surface area (Å²) in [6.45, 7) is 2.53. The van der Waals surface area contributed by atoms with Gasteiger partial charge in [-0.15, -0.1) is 0 Å². The van der Waals surface area contributed by atoms with Gasteiger partial charge in [-0.3, -0.25) is 4.79 Å². The van der Waals surface area contributed by atoms with Gasteiger partial charge in [0.1, 0.15) is 17.3 Å². The second-order valence-corrected chi connectivity index (χ2v) is 7.18. The summed E-state index contributed by atoms with van der Waals surface area (Å²) in [5.41, 5.74) is 9.02. The minimum Gasteiger partial charge on any atom is -0.481 e. The number of unbranched alkanes of at least 4 members (excludes halogenated alkanes) is 1. The van der Waals surface area contributed by atoms with E-state index in [1.54, 1.807) is 0 Å². The Kier molecular flexibility index (Phi) is 6.12. The molecule has 0 spiro atoms. The zero-order chi connectivity index (χ0) is 20.3. The van der Waals surface area contributed by atoms with Crippen molar-refractivity contribution in [1.29, 1.82) is 0 Å². The molecule has 4 N–H and O–H groups in total.